The zero-order valence-corrected chi connectivity index (χ0v) is 7.25. The summed E-state index contributed by atoms with van der Waals surface area (Å²) in [7, 11) is 0. The van der Waals surface area contributed by atoms with E-state index < -0.39 is 0 Å². The predicted octanol–water partition coefficient (Wildman–Crippen LogP) is 0.724. The second-order valence-electron chi connectivity index (χ2n) is 2.75. The molecular weight excluding hydrogens is 180 g/mol. The largest absolute Gasteiger partial charge is 0.409 e. The lowest BCUT2D eigenvalue weighted by molar-refractivity contribution is 0.318. The molecule has 0 fully saturated rings. The van der Waals surface area contributed by atoms with Crippen LogP contribution in [0.1, 0.15) is 5.56 Å². The third-order valence-corrected chi connectivity index (χ3v) is 1.93. The Bertz CT molecular complexity index is 490. The summed E-state index contributed by atoms with van der Waals surface area (Å²) in [5, 5.41) is 12.3. The van der Waals surface area contributed by atoms with E-state index in [-0.39, 0.29) is 5.84 Å². The molecule has 1 aromatic heterocycles. The maximum absolute atomic E-state index is 8.57. The number of amidine groups is 1. The Morgan fingerprint density at radius 2 is 2.29 bits per heavy atom. The lowest BCUT2D eigenvalue weighted by Crippen LogP contribution is -2.13. The molecule has 0 bridgehead atoms. The molecule has 0 aliphatic carbocycles. The summed E-state index contributed by atoms with van der Waals surface area (Å²) in [6.45, 7) is 0. The van der Waals surface area contributed by atoms with Gasteiger partial charge in [0.25, 0.3) is 0 Å². The highest BCUT2D eigenvalue weighted by molar-refractivity contribution is 6.07. The zero-order valence-electron chi connectivity index (χ0n) is 7.25. The van der Waals surface area contributed by atoms with Crippen LogP contribution in [-0.2, 0) is 0 Å². The maximum atomic E-state index is 8.57. The van der Waals surface area contributed by atoms with Crippen molar-refractivity contribution in [3.63, 3.8) is 0 Å². The first-order chi connectivity index (χ1) is 6.83. The van der Waals surface area contributed by atoms with Crippen LogP contribution in [0.4, 0.5) is 0 Å². The van der Waals surface area contributed by atoms with Gasteiger partial charge in [0.2, 0.25) is 0 Å². The number of fused-ring (bicyclic) bond motifs is 1. The number of oxime groups is 1. The molecule has 0 aliphatic rings. The van der Waals surface area contributed by atoms with Gasteiger partial charge in [-0.25, -0.2) is 9.97 Å². The molecule has 0 saturated heterocycles. The number of nitrogens with zero attached hydrogens (tertiary/aromatic N) is 3. The molecule has 0 saturated carbocycles. The van der Waals surface area contributed by atoms with E-state index in [1.165, 1.54) is 6.33 Å². The third kappa shape index (κ3) is 1.24. The summed E-state index contributed by atoms with van der Waals surface area (Å²) in [4.78, 5) is 7.94. The van der Waals surface area contributed by atoms with Crippen molar-refractivity contribution in [3.05, 3.63) is 36.3 Å². The summed E-state index contributed by atoms with van der Waals surface area (Å²) >= 11 is 0. The minimum atomic E-state index is 0.0606. The second kappa shape index (κ2) is 3.29. The van der Waals surface area contributed by atoms with Crippen molar-refractivity contribution in [1.29, 1.82) is 0 Å². The molecule has 5 heteroatoms. The van der Waals surface area contributed by atoms with Crippen LogP contribution in [-0.4, -0.2) is 21.0 Å². The van der Waals surface area contributed by atoms with Crippen LogP contribution in [0.25, 0.3) is 10.9 Å². The van der Waals surface area contributed by atoms with E-state index in [9.17, 15) is 0 Å². The molecule has 5 nitrogen and oxygen atoms in total. The molecule has 0 atom stereocenters. The minimum Gasteiger partial charge on any atom is -0.409 e. The molecule has 0 unspecified atom stereocenters. The van der Waals surface area contributed by atoms with Crippen LogP contribution in [0.5, 0.6) is 0 Å². The van der Waals surface area contributed by atoms with Crippen molar-refractivity contribution < 1.29 is 5.21 Å². The van der Waals surface area contributed by atoms with Gasteiger partial charge in [-0.15, -0.1) is 0 Å². The van der Waals surface area contributed by atoms with Crippen molar-refractivity contribution in [2.24, 2.45) is 10.9 Å². The zero-order chi connectivity index (χ0) is 9.97. The second-order valence-corrected chi connectivity index (χ2v) is 2.75. The van der Waals surface area contributed by atoms with Crippen molar-refractivity contribution in [2.45, 2.75) is 0 Å². The van der Waals surface area contributed by atoms with E-state index in [4.69, 9.17) is 10.9 Å². The first-order valence-electron chi connectivity index (χ1n) is 3.99. The average molecular weight is 188 g/mol. The van der Waals surface area contributed by atoms with Gasteiger partial charge in [0.1, 0.15) is 6.33 Å². The number of benzene rings is 1. The number of rotatable bonds is 1. The van der Waals surface area contributed by atoms with Crippen LogP contribution < -0.4 is 5.73 Å². The highest BCUT2D eigenvalue weighted by atomic mass is 16.4. The Morgan fingerprint density at radius 1 is 1.43 bits per heavy atom. The molecule has 2 aromatic rings. The minimum absolute atomic E-state index is 0.0606. The van der Waals surface area contributed by atoms with Crippen LogP contribution in [0, 0.1) is 0 Å². The molecule has 3 N–H and O–H groups in total. The third-order valence-electron chi connectivity index (χ3n) is 1.93. The highest BCUT2D eigenvalue weighted by Crippen LogP contribution is 2.14. The van der Waals surface area contributed by atoms with Gasteiger partial charge >= 0.3 is 0 Å². The standard InChI is InChI=1S/C9H8N4O/c10-9(13-14)6-2-1-3-8-7(6)4-11-5-12-8/h1-5,14H,(H2,10,13). The number of hydrogen-bond donors (Lipinski definition) is 2. The van der Waals surface area contributed by atoms with Gasteiger partial charge in [-0.3, -0.25) is 0 Å². The maximum Gasteiger partial charge on any atom is 0.170 e. The molecule has 1 aromatic carbocycles. The molecule has 0 radical (unpaired) electrons. The molecular formula is C9H8N4O. The van der Waals surface area contributed by atoms with Crippen LogP contribution in [0.2, 0.25) is 0 Å². The quantitative estimate of drug-likeness (QED) is 0.299. The lowest BCUT2D eigenvalue weighted by atomic mass is 10.1. The van der Waals surface area contributed by atoms with Crippen LogP contribution in [0.3, 0.4) is 0 Å². The fraction of sp³-hybridized carbons (Fsp3) is 0. The smallest absolute Gasteiger partial charge is 0.170 e. The summed E-state index contributed by atoms with van der Waals surface area (Å²) in [6, 6.07) is 5.38. The first kappa shape index (κ1) is 8.43. The van der Waals surface area contributed by atoms with E-state index in [1.54, 1.807) is 18.3 Å². The lowest BCUT2D eigenvalue weighted by Gasteiger charge is -2.02. The van der Waals surface area contributed by atoms with Gasteiger partial charge in [0, 0.05) is 17.1 Å². The van der Waals surface area contributed by atoms with E-state index in [0.29, 0.717) is 5.56 Å². The number of nitrogens with two attached hydrogens (primary N) is 1. The Balaban J connectivity index is 2.77. The molecule has 2 rings (SSSR count). The topological polar surface area (TPSA) is 84.4 Å². The molecule has 70 valence electrons. The van der Waals surface area contributed by atoms with Crippen molar-refractivity contribution in [2.75, 3.05) is 0 Å². The van der Waals surface area contributed by atoms with E-state index in [1.807, 2.05) is 6.07 Å². The van der Waals surface area contributed by atoms with Gasteiger partial charge in [0.05, 0.1) is 5.52 Å². The van der Waals surface area contributed by atoms with E-state index in [2.05, 4.69) is 15.1 Å². The fourth-order valence-electron chi connectivity index (χ4n) is 1.28. The Kier molecular flexibility index (Phi) is 1.98. The summed E-state index contributed by atoms with van der Waals surface area (Å²) < 4.78 is 0. The van der Waals surface area contributed by atoms with Crippen molar-refractivity contribution in [3.8, 4) is 0 Å². The van der Waals surface area contributed by atoms with Crippen LogP contribution in [0.15, 0.2) is 35.9 Å². The van der Waals surface area contributed by atoms with Gasteiger partial charge in [-0.1, -0.05) is 17.3 Å². The van der Waals surface area contributed by atoms with Crippen molar-refractivity contribution >= 4 is 16.7 Å². The first-order valence-corrected chi connectivity index (χ1v) is 3.99. The normalized spacial score (nSPS) is 11.9. The Labute approximate surface area is 79.9 Å². The Hall–Kier alpha value is -2.17. The van der Waals surface area contributed by atoms with E-state index >= 15 is 0 Å². The molecule has 0 aliphatic heterocycles. The predicted molar refractivity (Wildman–Crippen MR) is 52.0 cm³/mol. The monoisotopic (exact) mass is 188 g/mol. The van der Waals surface area contributed by atoms with Gasteiger partial charge in [-0.05, 0) is 6.07 Å². The summed E-state index contributed by atoms with van der Waals surface area (Å²) in [6.07, 6.45) is 3.09. The fourth-order valence-corrected chi connectivity index (χ4v) is 1.28. The van der Waals surface area contributed by atoms with Gasteiger partial charge in [0.15, 0.2) is 5.84 Å². The molecule has 14 heavy (non-hydrogen) atoms. The number of hydrogen-bond acceptors (Lipinski definition) is 4. The average Bonchev–Trinajstić information content (AvgIpc) is 2.27. The molecule has 1 heterocycles. The Morgan fingerprint density at radius 3 is 3.07 bits per heavy atom. The van der Waals surface area contributed by atoms with Crippen molar-refractivity contribution in [1.82, 2.24) is 9.97 Å². The SMILES string of the molecule is NC(=NO)c1cccc2ncncc12. The summed E-state index contributed by atoms with van der Waals surface area (Å²) in [5.41, 5.74) is 6.90. The number of aromatic nitrogens is 2. The highest BCUT2D eigenvalue weighted by Gasteiger charge is 2.04. The van der Waals surface area contributed by atoms with Gasteiger partial charge in [-0.2, -0.15) is 0 Å². The summed E-state index contributed by atoms with van der Waals surface area (Å²) in [5.74, 6) is 0.0606. The van der Waals surface area contributed by atoms with Crippen LogP contribution >= 0.6 is 0 Å². The molecule has 0 spiro atoms. The van der Waals surface area contributed by atoms with E-state index in [0.717, 1.165) is 10.9 Å². The molecule has 0 amide bonds. The van der Waals surface area contributed by atoms with Gasteiger partial charge < -0.3 is 10.9 Å².